The summed E-state index contributed by atoms with van der Waals surface area (Å²) in [7, 11) is 3.45. The zero-order valence-electron chi connectivity index (χ0n) is 11.1. The number of methoxy groups -OCH3 is 1. The zero-order chi connectivity index (χ0) is 13.1. The van der Waals surface area contributed by atoms with Gasteiger partial charge in [0.15, 0.2) is 0 Å². The van der Waals surface area contributed by atoms with Crippen LogP contribution in [0.3, 0.4) is 0 Å². The smallest absolute Gasteiger partial charge is 0.231 e. The summed E-state index contributed by atoms with van der Waals surface area (Å²) in [4.78, 5) is 14.1. The minimum Gasteiger partial charge on any atom is -0.497 e. The topological polar surface area (TPSA) is 41.6 Å². The minimum absolute atomic E-state index is 0.0706. The lowest BCUT2D eigenvalue weighted by Crippen LogP contribution is -2.38. The Hall–Kier alpha value is -1.55. The summed E-state index contributed by atoms with van der Waals surface area (Å²) >= 11 is 0. The molecule has 1 aromatic carbocycles. The second-order valence-corrected chi connectivity index (χ2v) is 4.74. The second kappa shape index (κ2) is 5.40. The summed E-state index contributed by atoms with van der Waals surface area (Å²) in [5.41, 5.74) is 0.874. The summed E-state index contributed by atoms with van der Waals surface area (Å²) in [5, 5.41) is 3.31. The average molecular weight is 248 g/mol. The molecule has 4 nitrogen and oxygen atoms in total. The van der Waals surface area contributed by atoms with Gasteiger partial charge in [0, 0.05) is 24.8 Å². The van der Waals surface area contributed by atoms with Gasteiger partial charge in [-0.3, -0.25) is 4.79 Å². The Morgan fingerprint density at radius 1 is 1.50 bits per heavy atom. The predicted molar refractivity (Wildman–Crippen MR) is 72.0 cm³/mol. The van der Waals surface area contributed by atoms with Crippen molar-refractivity contribution in [1.82, 2.24) is 5.32 Å². The third-order valence-electron chi connectivity index (χ3n) is 3.61. The van der Waals surface area contributed by atoms with Crippen LogP contribution in [-0.2, 0) is 4.79 Å². The monoisotopic (exact) mass is 248 g/mol. The molecular formula is C14H20N2O2. The summed E-state index contributed by atoms with van der Waals surface area (Å²) in [6.07, 6.45) is 0.911. The number of ether oxygens (including phenoxy) is 1. The number of carbonyl (C=O) groups excluding carboxylic acids is 1. The molecule has 1 N–H and O–H groups in total. The Kier molecular flexibility index (Phi) is 3.87. The van der Waals surface area contributed by atoms with Gasteiger partial charge in [-0.2, -0.15) is 0 Å². The quantitative estimate of drug-likeness (QED) is 0.884. The first-order chi connectivity index (χ1) is 8.63. The van der Waals surface area contributed by atoms with Gasteiger partial charge in [0.1, 0.15) is 5.75 Å². The highest BCUT2D eigenvalue weighted by Crippen LogP contribution is 2.24. The van der Waals surface area contributed by atoms with Crippen molar-refractivity contribution in [3.05, 3.63) is 24.3 Å². The normalized spacial score (nSPS) is 22.8. The van der Waals surface area contributed by atoms with Crippen LogP contribution in [0.25, 0.3) is 0 Å². The molecule has 1 aliphatic heterocycles. The van der Waals surface area contributed by atoms with Gasteiger partial charge in [0.2, 0.25) is 5.91 Å². The molecule has 0 saturated carbocycles. The molecule has 0 radical (unpaired) electrons. The van der Waals surface area contributed by atoms with Crippen LogP contribution in [-0.4, -0.2) is 32.7 Å². The molecule has 1 aliphatic rings. The van der Waals surface area contributed by atoms with E-state index in [4.69, 9.17) is 4.74 Å². The van der Waals surface area contributed by atoms with E-state index >= 15 is 0 Å². The van der Waals surface area contributed by atoms with Crippen LogP contribution < -0.4 is 15.0 Å². The molecule has 1 heterocycles. The number of nitrogens with zero attached hydrogens (tertiary/aromatic N) is 1. The van der Waals surface area contributed by atoms with Gasteiger partial charge < -0.3 is 15.0 Å². The predicted octanol–water partition coefficient (Wildman–Crippen LogP) is 1.66. The van der Waals surface area contributed by atoms with Crippen molar-refractivity contribution < 1.29 is 9.53 Å². The number of nitrogens with one attached hydrogen (secondary N) is 1. The Bertz CT molecular complexity index is 434. The summed E-state index contributed by atoms with van der Waals surface area (Å²) in [6, 6.07) is 7.83. The molecule has 1 saturated heterocycles. The van der Waals surface area contributed by atoms with E-state index in [1.807, 2.05) is 31.3 Å². The van der Waals surface area contributed by atoms with E-state index in [1.54, 1.807) is 12.0 Å². The highest BCUT2D eigenvalue weighted by Gasteiger charge is 2.31. The van der Waals surface area contributed by atoms with Crippen LogP contribution >= 0.6 is 0 Å². The summed E-state index contributed by atoms with van der Waals surface area (Å²) in [6.45, 7) is 2.98. The summed E-state index contributed by atoms with van der Waals surface area (Å²) < 4.78 is 5.18. The fourth-order valence-corrected chi connectivity index (χ4v) is 2.39. The Morgan fingerprint density at radius 3 is 2.89 bits per heavy atom. The molecular weight excluding hydrogens is 228 g/mol. The molecule has 18 heavy (non-hydrogen) atoms. The third-order valence-corrected chi connectivity index (χ3v) is 3.61. The Labute approximate surface area is 108 Å². The molecule has 0 aliphatic carbocycles. The van der Waals surface area contributed by atoms with E-state index in [-0.39, 0.29) is 17.9 Å². The van der Waals surface area contributed by atoms with Crippen molar-refractivity contribution >= 4 is 11.6 Å². The van der Waals surface area contributed by atoms with Gasteiger partial charge in [0.25, 0.3) is 0 Å². The van der Waals surface area contributed by atoms with Crippen molar-refractivity contribution in [2.75, 3.05) is 25.6 Å². The molecule has 0 spiro atoms. The highest BCUT2D eigenvalue weighted by atomic mass is 16.5. The van der Waals surface area contributed by atoms with Gasteiger partial charge in [-0.25, -0.2) is 0 Å². The van der Waals surface area contributed by atoms with E-state index in [0.29, 0.717) is 0 Å². The molecule has 2 unspecified atom stereocenters. The van der Waals surface area contributed by atoms with Crippen LogP contribution in [0, 0.1) is 5.92 Å². The lowest BCUT2D eigenvalue weighted by molar-refractivity contribution is -0.122. The molecule has 98 valence electrons. The van der Waals surface area contributed by atoms with Crippen LogP contribution in [0.15, 0.2) is 24.3 Å². The zero-order valence-corrected chi connectivity index (χ0v) is 11.1. The van der Waals surface area contributed by atoms with Crippen molar-refractivity contribution in [2.45, 2.75) is 19.4 Å². The van der Waals surface area contributed by atoms with Gasteiger partial charge in [-0.05, 0) is 32.0 Å². The SMILES string of the molecule is COc1cccc(N(C)C(=O)C2CCNC2C)c1. The van der Waals surface area contributed by atoms with E-state index in [0.717, 1.165) is 24.4 Å². The number of hydrogen-bond donors (Lipinski definition) is 1. The van der Waals surface area contributed by atoms with Crippen molar-refractivity contribution in [1.29, 1.82) is 0 Å². The highest BCUT2D eigenvalue weighted by molar-refractivity contribution is 5.95. The maximum Gasteiger partial charge on any atom is 0.231 e. The van der Waals surface area contributed by atoms with Crippen LogP contribution in [0.1, 0.15) is 13.3 Å². The first-order valence-corrected chi connectivity index (χ1v) is 6.28. The van der Waals surface area contributed by atoms with Gasteiger partial charge in [-0.15, -0.1) is 0 Å². The maximum absolute atomic E-state index is 12.4. The fraction of sp³-hybridized carbons (Fsp3) is 0.500. The summed E-state index contributed by atoms with van der Waals surface area (Å²) in [5.74, 6) is 1.01. The number of hydrogen-bond acceptors (Lipinski definition) is 3. The fourth-order valence-electron chi connectivity index (χ4n) is 2.39. The van der Waals surface area contributed by atoms with Crippen molar-refractivity contribution in [3.63, 3.8) is 0 Å². The van der Waals surface area contributed by atoms with Gasteiger partial charge in [0.05, 0.1) is 13.0 Å². The first-order valence-electron chi connectivity index (χ1n) is 6.28. The number of benzene rings is 1. The maximum atomic E-state index is 12.4. The third kappa shape index (κ3) is 2.48. The van der Waals surface area contributed by atoms with E-state index in [9.17, 15) is 4.79 Å². The molecule has 0 bridgehead atoms. The molecule has 2 rings (SSSR count). The average Bonchev–Trinajstić information content (AvgIpc) is 2.83. The largest absolute Gasteiger partial charge is 0.497 e. The van der Waals surface area contributed by atoms with Crippen LogP contribution in [0.5, 0.6) is 5.75 Å². The standard InChI is InChI=1S/C14H20N2O2/c1-10-13(7-8-15-10)14(17)16(2)11-5-4-6-12(9-11)18-3/h4-6,9-10,13,15H,7-8H2,1-3H3. The molecule has 1 aromatic rings. The lowest BCUT2D eigenvalue weighted by atomic mass is 10.0. The van der Waals surface area contributed by atoms with Crippen molar-refractivity contribution in [2.24, 2.45) is 5.92 Å². The van der Waals surface area contributed by atoms with Crippen molar-refractivity contribution in [3.8, 4) is 5.75 Å². The minimum atomic E-state index is 0.0706. The number of rotatable bonds is 3. The number of carbonyl (C=O) groups is 1. The lowest BCUT2D eigenvalue weighted by Gasteiger charge is -2.23. The molecule has 0 aromatic heterocycles. The van der Waals surface area contributed by atoms with Crippen LogP contribution in [0.4, 0.5) is 5.69 Å². The Morgan fingerprint density at radius 2 is 2.28 bits per heavy atom. The number of amides is 1. The first kappa shape index (κ1) is 12.9. The molecule has 1 fully saturated rings. The molecule has 4 heteroatoms. The second-order valence-electron chi connectivity index (χ2n) is 4.74. The number of anilines is 1. The molecule has 1 amide bonds. The van der Waals surface area contributed by atoms with Gasteiger partial charge in [-0.1, -0.05) is 6.07 Å². The van der Waals surface area contributed by atoms with E-state index < -0.39 is 0 Å². The van der Waals surface area contributed by atoms with E-state index in [1.165, 1.54) is 0 Å². The van der Waals surface area contributed by atoms with Gasteiger partial charge >= 0.3 is 0 Å². The van der Waals surface area contributed by atoms with E-state index in [2.05, 4.69) is 12.2 Å². The van der Waals surface area contributed by atoms with Crippen LogP contribution in [0.2, 0.25) is 0 Å². The Balaban J connectivity index is 2.14. The molecule has 2 atom stereocenters.